The summed E-state index contributed by atoms with van der Waals surface area (Å²) in [6, 6.07) is 18.5. The third kappa shape index (κ3) is 13.6. The molecule has 5 N–H and O–H groups in total. The fraction of sp³-hybridized carbons (Fsp3) is 0.388. The first-order valence-electron chi connectivity index (χ1n) is 22.9. The highest BCUT2D eigenvalue weighted by atomic mass is 35.5. The zero-order chi connectivity index (χ0) is 50.7. The predicted molar refractivity (Wildman–Crippen MR) is 264 cm³/mol. The topological polar surface area (TPSA) is 257 Å². The first kappa shape index (κ1) is 52.6. The van der Waals surface area contributed by atoms with Crippen LogP contribution in [0.1, 0.15) is 75.2 Å². The number of aliphatic carboxylic acids is 1. The van der Waals surface area contributed by atoms with E-state index in [0.29, 0.717) is 90.8 Å². The summed E-state index contributed by atoms with van der Waals surface area (Å²) in [4.78, 5) is 74.5. The van der Waals surface area contributed by atoms with Crippen LogP contribution in [0.25, 0.3) is 16.1 Å². The number of carbonyl (C=O) groups excluding carboxylic acids is 4. The molecule has 0 bridgehead atoms. The molecule has 19 nitrogen and oxygen atoms in total. The second-order valence-electron chi connectivity index (χ2n) is 16.9. The molecule has 2 fully saturated rings. The molecule has 1 unspecified atom stereocenters. The highest BCUT2D eigenvalue weighted by Gasteiger charge is 2.42. The number of piperidine rings is 2. The lowest BCUT2D eigenvalue weighted by Gasteiger charge is -2.32. The summed E-state index contributed by atoms with van der Waals surface area (Å²) < 4.78 is 50.5. The van der Waals surface area contributed by atoms with Gasteiger partial charge in [0, 0.05) is 60.4 Å². The largest absolute Gasteiger partial charge is 0.479 e. The van der Waals surface area contributed by atoms with E-state index >= 15 is 0 Å². The van der Waals surface area contributed by atoms with Gasteiger partial charge >= 0.3 is 11.9 Å². The van der Waals surface area contributed by atoms with Crippen molar-refractivity contribution in [3.8, 4) is 16.2 Å². The molecule has 4 aromatic rings. The number of anilines is 2. The van der Waals surface area contributed by atoms with Crippen molar-refractivity contribution in [2.45, 2.75) is 62.8 Å². The van der Waals surface area contributed by atoms with Crippen LogP contribution < -0.4 is 20.7 Å². The molecule has 2 saturated heterocycles. The van der Waals surface area contributed by atoms with Gasteiger partial charge < -0.3 is 39.8 Å². The number of carboxylic acids is 2. The number of amides is 4. The van der Waals surface area contributed by atoms with Crippen LogP contribution in [-0.4, -0.2) is 135 Å². The van der Waals surface area contributed by atoms with Crippen molar-refractivity contribution in [2.75, 3.05) is 70.0 Å². The third-order valence-electron chi connectivity index (χ3n) is 11.9. The summed E-state index contributed by atoms with van der Waals surface area (Å²) in [7, 11) is -3.69. The number of sulfonamides is 1. The highest BCUT2D eigenvalue weighted by Crippen LogP contribution is 2.46. The Morgan fingerprint density at radius 2 is 1.56 bits per heavy atom. The van der Waals surface area contributed by atoms with E-state index in [1.165, 1.54) is 9.21 Å². The monoisotopic (exact) mass is 1040 g/mol. The van der Waals surface area contributed by atoms with Gasteiger partial charge in [-0.1, -0.05) is 54.6 Å². The lowest BCUT2D eigenvalue weighted by Crippen LogP contribution is -2.52. The molecule has 3 aliphatic rings. The van der Waals surface area contributed by atoms with Crippen molar-refractivity contribution >= 4 is 85.6 Å². The van der Waals surface area contributed by atoms with Crippen molar-refractivity contribution in [1.29, 1.82) is 0 Å². The molecule has 3 aromatic carbocycles. The maximum Gasteiger partial charge on any atom is 0.349 e. The van der Waals surface area contributed by atoms with Gasteiger partial charge in [0.25, 0.3) is 5.91 Å². The van der Waals surface area contributed by atoms with Gasteiger partial charge in [-0.15, -0.1) is 11.3 Å². The van der Waals surface area contributed by atoms with Crippen molar-refractivity contribution in [3.05, 3.63) is 105 Å². The second kappa shape index (κ2) is 24.3. The number of halogens is 1. The average molecular weight is 1040 g/mol. The maximum absolute atomic E-state index is 13.5. The lowest BCUT2D eigenvalue weighted by atomic mass is 9.98. The number of rotatable bonds is 25. The third-order valence-corrected chi connectivity index (χ3v) is 15.4. The Balaban J connectivity index is 0.751. The van der Waals surface area contributed by atoms with E-state index in [-0.39, 0.29) is 90.7 Å². The van der Waals surface area contributed by atoms with E-state index in [2.05, 4.69) is 22.5 Å². The zero-order valence-corrected chi connectivity index (χ0v) is 41.0. The summed E-state index contributed by atoms with van der Waals surface area (Å²) in [5, 5.41) is 27.2. The molecule has 378 valence electrons. The number of benzene rings is 3. The van der Waals surface area contributed by atoms with Crippen molar-refractivity contribution in [2.24, 2.45) is 0 Å². The van der Waals surface area contributed by atoms with Crippen LogP contribution in [0.15, 0.2) is 73.3 Å². The number of nitrogens with zero attached hydrogens (tertiary/aromatic N) is 2. The molecular formula is C49H54ClN5O14S2. The number of ether oxygens (including phenoxy) is 4. The number of hydrogen-bond donors (Lipinski definition) is 5. The van der Waals surface area contributed by atoms with Gasteiger partial charge in [-0.3, -0.25) is 29.4 Å². The van der Waals surface area contributed by atoms with Crippen LogP contribution in [-0.2, 0) is 55.6 Å². The first-order chi connectivity index (χ1) is 34.1. The molecule has 0 aliphatic carbocycles. The van der Waals surface area contributed by atoms with Gasteiger partial charge in [0.15, 0.2) is 17.2 Å². The number of hydrogen-bond acceptors (Lipinski definition) is 14. The van der Waals surface area contributed by atoms with Gasteiger partial charge in [0.05, 0.1) is 50.1 Å². The molecule has 71 heavy (non-hydrogen) atoms. The number of aryl methyl sites for hydroxylation is 1. The Kier molecular flexibility index (Phi) is 18.0. The number of aromatic carboxylic acids is 1. The number of imide groups is 1. The quantitative estimate of drug-likeness (QED) is 0.0384. The van der Waals surface area contributed by atoms with Crippen molar-refractivity contribution < 1.29 is 66.3 Å². The SMILES string of the molecule is C=C1c2c(CCCOCCOCCOCCC(=O)Nc3cccc(CS(=O)(=O)N4CCC(Nc5cccc(-c6sc(C(=O)O)c(OCC(=O)O)c6Cl)c5)CC4)c3)cccc2C(=O)N1C1CCC(=O)NC1=O. The average Bonchev–Trinajstić information content (AvgIpc) is 3.80. The fourth-order valence-corrected chi connectivity index (χ4v) is 11.5. The smallest absolute Gasteiger partial charge is 0.349 e. The predicted octanol–water partition coefficient (Wildman–Crippen LogP) is 5.88. The summed E-state index contributed by atoms with van der Waals surface area (Å²) in [6.45, 7) is 5.86. The summed E-state index contributed by atoms with van der Waals surface area (Å²) in [5.41, 5.74) is 4.90. The Bertz CT molecular complexity index is 2780. The van der Waals surface area contributed by atoms with Gasteiger partial charge in [-0.25, -0.2) is 22.3 Å². The minimum atomic E-state index is -3.69. The van der Waals surface area contributed by atoms with Crippen molar-refractivity contribution in [1.82, 2.24) is 14.5 Å². The molecule has 7 rings (SSSR count). The standard InChI is InChI=1S/C49H54ClN5O14S2/c1-30-42-32(7-4-12-37(42)48(61)55(30)38-13-14-39(56)53-47(38)60)9-5-20-66-22-24-68-25-23-67-21-17-40(57)52-35-10-2-6-31(26-35)29-71(64,65)54-18-15-34(16-19-54)51-36-11-3-8-33(27-36)45-43(50)44(69-28-41(58)59)46(70-45)49(62)63/h2-4,6-8,10-12,26-27,34,38,51H,1,5,9,13-25,28-29H2,(H,52,57)(H,58,59)(H,62,63)(H,53,56,60). The molecule has 1 aromatic heterocycles. The Hall–Kier alpha value is -6.20. The van der Waals surface area contributed by atoms with Crippen LogP contribution >= 0.6 is 22.9 Å². The molecule has 1 atom stereocenters. The zero-order valence-electron chi connectivity index (χ0n) is 38.6. The molecule has 22 heteroatoms. The van der Waals surface area contributed by atoms with E-state index in [0.717, 1.165) is 22.5 Å². The van der Waals surface area contributed by atoms with E-state index in [4.69, 9.17) is 35.7 Å². The summed E-state index contributed by atoms with van der Waals surface area (Å²) >= 11 is 7.35. The summed E-state index contributed by atoms with van der Waals surface area (Å²) in [5.74, 6) is -4.45. The normalized spacial score (nSPS) is 16.5. The maximum atomic E-state index is 13.5. The molecule has 4 heterocycles. The molecule has 3 aliphatic heterocycles. The second-order valence-corrected chi connectivity index (χ2v) is 20.3. The van der Waals surface area contributed by atoms with Crippen LogP contribution in [0, 0.1) is 0 Å². The molecule has 0 saturated carbocycles. The molecular weight excluding hydrogens is 982 g/mol. The van der Waals surface area contributed by atoms with Gasteiger partial charge in [-0.05, 0) is 79.1 Å². The van der Waals surface area contributed by atoms with E-state index in [9.17, 15) is 42.3 Å². The number of carbonyl (C=O) groups is 6. The minimum Gasteiger partial charge on any atom is -0.479 e. The summed E-state index contributed by atoms with van der Waals surface area (Å²) in [6.07, 6.45) is 2.85. The van der Waals surface area contributed by atoms with E-state index in [1.807, 2.05) is 18.2 Å². The van der Waals surface area contributed by atoms with Gasteiger partial charge in [0.1, 0.15) is 11.1 Å². The van der Waals surface area contributed by atoms with E-state index in [1.54, 1.807) is 48.5 Å². The van der Waals surface area contributed by atoms with Gasteiger partial charge in [-0.2, -0.15) is 0 Å². The van der Waals surface area contributed by atoms with E-state index < -0.39 is 40.5 Å². The molecule has 0 radical (unpaired) electrons. The van der Waals surface area contributed by atoms with Gasteiger partial charge in [0.2, 0.25) is 27.7 Å². The Labute approximate surface area is 419 Å². The van der Waals surface area contributed by atoms with Crippen molar-refractivity contribution in [3.63, 3.8) is 0 Å². The Morgan fingerprint density at radius 3 is 2.28 bits per heavy atom. The molecule has 4 amide bonds. The van der Waals surface area contributed by atoms with Crippen LogP contribution in [0.2, 0.25) is 5.02 Å². The molecule has 0 spiro atoms. The number of nitrogens with one attached hydrogen (secondary N) is 3. The minimum absolute atomic E-state index is 0.00156. The number of carboxylic acid groups (broad SMARTS) is 2. The highest BCUT2D eigenvalue weighted by molar-refractivity contribution is 7.88. The first-order valence-corrected chi connectivity index (χ1v) is 25.8. The Morgan fingerprint density at radius 1 is 0.873 bits per heavy atom. The van der Waals surface area contributed by atoms with Crippen LogP contribution in [0.5, 0.6) is 5.75 Å². The van der Waals surface area contributed by atoms with Crippen LogP contribution in [0.4, 0.5) is 11.4 Å². The van der Waals surface area contributed by atoms with Crippen LogP contribution in [0.3, 0.4) is 0 Å². The number of fused-ring (bicyclic) bond motifs is 1. The number of thiophene rings is 1. The fourth-order valence-electron chi connectivity index (χ4n) is 8.54. The lowest BCUT2D eigenvalue weighted by molar-refractivity contribution is -0.139.